The van der Waals surface area contributed by atoms with Crippen LogP contribution in [0.4, 0.5) is 15.0 Å². The number of hydrogen-bond donors (Lipinski definition) is 0. The average Bonchev–Trinajstić information content (AvgIpc) is 3.64. The average molecular weight is 620 g/mol. The molecule has 2 aromatic heterocycles. The van der Waals surface area contributed by atoms with E-state index in [0.29, 0.717) is 18.2 Å². The van der Waals surface area contributed by atoms with Crippen LogP contribution in [0.5, 0.6) is 0 Å². The maximum absolute atomic E-state index is 13.2. The molecule has 1 saturated heterocycles. The second-order valence-electron chi connectivity index (χ2n) is 13.4. The number of hydrogen-bond acceptors (Lipinski definition) is 7. The van der Waals surface area contributed by atoms with Gasteiger partial charge >= 0.3 is 12.1 Å². The minimum absolute atomic E-state index is 0.0474. The van der Waals surface area contributed by atoms with Crippen LogP contribution in [0, 0.1) is 12.8 Å². The zero-order valence-corrected chi connectivity index (χ0v) is 27.2. The molecule has 2 atom stereocenters. The van der Waals surface area contributed by atoms with E-state index < -0.39 is 12.3 Å². The first kappa shape index (κ1) is 32.6. The van der Waals surface area contributed by atoms with Gasteiger partial charge in [0.05, 0.1) is 24.9 Å². The van der Waals surface area contributed by atoms with Gasteiger partial charge in [0.25, 0.3) is 0 Å². The third kappa shape index (κ3) is 8.28. The fourth-order valence-corrected chi connectivity index (χ4v) is 6.44. The third-order valence-corrected chi connectivity index (χ3v) is 8.67. The molecule has 0 N–H and O–H groups in total. The predicted molar refractivity (Wildman–Crippen MR) is 171 cm³/mol. The standard InChI is InChI=1S/C35H46FN5O4/c1-24-18-30(21-36)38-41(24)31-10-6-8-27(19-31)28(20-32(42)44-5)23-39-17-15-25(22-39)11-13-29-14-12-26-9-7-16-40(33(26)37-29)34(43)45-35(2,3)4/h6,8,10,12,14,18-19,25,28H,7,9,11,13,15-17,20-23H2,1-5H3/t25-,28?/m1/s1. The zero-order valence-electron chi connectivity index (χ0n) is 27.2. The molecule has 45 heavy (non-hydrogen) atoms. The molecule has 1 amide bonds. The van der Waals surface area contributed by atoms with Crippen LogP contribution in [0.25, 0.3) is 5.69 Å². The van der Waals surface area contributed by atoms with Crippen molar-refractivity contribution in [3.63, 3.8) is 0 Å². The van der Waals surface area contributed by atoms with Crippen LogP contribution in [0.1, 0.15) is 80.6 Å². The van der Waals surface area contributed by atoms with Crippen LogP contribution < -0.4 is 4.90 Å². The van der Waals surface area contributed by atoms with Crippen molar-refractivity contribution in [3.05, 3.63) is 70.7 Å². The highest BCUT2D eigenvalue weighted by atomic mass is 19.1. The summed E-state index contributed by atoms with van der Waals surface area (Å²) in [5.41, 5.74) is 4.67. The summed E-state index contributed by atoms with van der Waals surface area (Å²) < 4.78 is 25.7. The lowest BCUT2D eigenvalue weighted by atomic mass is 9.94. The molecule has 1 aromatic carbocycles. The molecule has 10 heteroatoms. The molecule has 1 fully saturated rings. The number of halogens is 1. The first-order valence-corrected chi connectivity index (χ1v) is 16.0. The Morgan fingerprint density at radius 1 is 1.11 bits per heavy atom. The van der Waals surface area contributed by atoms with E-state index in [2.05, 4.69) is 22.1 Å². The molecule has 3 aromatic rings. The predicted octanol–water partition coefficient (Wildman–Crippen LogP) is 6.33. The molecule has 5 rings (SSSR count). The Hall–Kier alpha value is -3.79. The SMILES string of the molecule is COC(=O)CC(CN1CC[C@@H](CCc2ccc3c(n2)N(C(=O)OC(C)(C)C)CCC3)C1)c1cccc(-n2nc(CF)cc2C)c1. The van der Waals surface area contributed by atoms with Crippen molar-refractivity contribution < 1.29 is 23.5 Å². The van der Waals surface area contributed by atoms with Crippen LogP contribution in [-0.4, -0.2) is 70.6 Å². The molecular weight excluding hydrogens is 573 g/mol. The fourth-order valence-electron chi connectivity index (χ4n) is 6.44. The summed E-state index contributed by atoms with van der Waals surface area (Å²) in [6.45, 7) is 10.2. The van der Waals surface area contributed by atoms with E-state index in [1.165, 1.54) is 7.11 Å². The maximum atomic E-state index is 13.2. The van der Waals surface area contributed by atoms with Gasteiger partial charge in [0, 0.05) is 36.9 Å². The number of amides is 1. The van der Waals surface area contributed by atoms with E-state index in [1.807, 2.05) is 52.0 Å². The van der Waals surface area contributed by atoms with Gasteiger partial charge in [-0.05, 0) is 108 Å². The van der Waals surface area contributed by atoms with Crippen molar-refractivity contribution in [2.24, 2.45) is 5.92 Å². The van der Waals surface area contributed by atoms with E-state index in [4.69, 9.17) is 14.5 Å². The smallest absolute Gasteiger partial charge is 0.416 e. The second kappa shape index (κ2) is 14.1. The lowest BCUT2D eigenvalue weighted by Crippen LogP contribution is -2.40. The second-order valence-corrected chi connectivity index (χ2v) is 13.4. The Bertz CT molecular complexity index is 1500. The summed E-state index contributed by atoms with van der Waals surface area (Å²) in [6, 6.07) is 14.0. The van der Waals surface area contributed by atoms with Gasteiger partial charge in [-0.15, -0.1) is 0 Å². The number of alkyl halides is 1. The number of rotatable bonds is 10. The highest BCUT2D eigenvalue weighted by Crippen LogP contribution is 2.31. The molecule has 0 spiro atoms. The fraction of sp³-hybridized carbons (Fsp3) is 0.543. The summed E-state index contributed by atoms with van der Waals surface area (Å²) >= 11 is 0. The van der Waals surface area contributed by atoms with E-state index in [9.17, 15) is 14.0 Å². The Morgan fingerprint density at radius 3 is 2.67 bits per heavy atom. The molecule has 0 radical (unpaired) electrons. The summed E-state index contributed by atoms with van der Waals surface area (Å²) in [6.07, 6.45) is 4.68. The first-order chi connectivity index (χ1) is 21.5. The number of carbonyl (C=O) groups excluding carboxylic acids is 2. The molecule has 9 nitrogen and oxygen atoms in total. The van der Waals surface area contributed by atoms with Gasteiger partial charge < -0.3 is 14.4 Å². The normalized spacial score (nSPS) is 17.6. The Morgan fingerprint density at radius 2 is 1.93 bits per heavy atom. The molecule has 0 saturated carbocycles. The number of esters is 1. The van der Waals surface area contributed by atoms with Crippen molar-refractivity contribution in [1.29, 1.82) is 0 Å². The lowest BCUT2D eigenvalue weighted by Gasteiger charge is -2.31. The van der Waals surface area contributed by atoms with Gasteiger partial charge in [0.1, 0.15) is 18.1 Å². The molecule has 242 valence electrons. The number of fused-ring (bicyclic) bond motifs is 1. The van der Waals surface area contributed by atoms with Gasteiger partial charge in [-0.2, -0.15) is 5.10 Å². The lowest BCUT2D eigenvalue weighted by molar-refractivity contribution is -0.141. The van der Waals surface area contributed by atoms with Gasteiger partial charge in [-0.3, -0.25) is 9.69 Å². The molecule has 2 aliphatic heterocycles. The highest BCUT2D eigenvalue weighted by molar-refractivity contribution is 5.88. The molecule has 2 aliphatic rings. The monoisotopic (exact) mass is 619 g/mol. The van der Waals surface area contributed by atoms with Gasteiger partial charge in [-0.1, -0.05) is 18.2 Å². The van der Waals surface area contributed by atoms with E-state index in [1.54, 1.807) is 15.6 Å². The Kier molecular flexibility index (Phi) is 10.2. The van der Waals surface area contributed by atoms with Crippen LogP contribution in [0.15, 0.2) is 42.5 Å². The largest absolute Gasteiger partial charge is 0.469 e. The van der Waals surface area contributed by atoms with Gasteiger partial charge in [-0.25, -0.2) is 18.9 Å². The number of likely N-dealkylation sites (tertiary alicyclic amines) is 1. The number of aryl methyl sites for hydroxylation is 3. The van der Waals surface area contributed by atoms with Crippen molar-refractivity contribution in [3.8, 4) is 5.69 Å². The van der Waals surface area contributed by atoms with Crippen LogP contribution >= 0.6 is 0 Å². The minimum atomic E-state index is -0.609. The van der Waals surface area contributed by atoms with E-state index in [-0.39, 0.29) is 24.4 Å². The Balaban J connectivity index is 1.22. The quantitative estimate of drug-likeness (QED) is 0.245. The summed E-state index contributed by atoms with van der Waals surface area (Å²) in [5, 5.41) is 4.39. The highest BCUT2D eigenvalue weighted by Gasteiger charge is 2.30. The van der Waals surface area contributed by atoms with Crippen molar-refractivity contribution in [2.45, 2.75) is 84.4 Å². The molecular formula is C35H46FN5O4. The number of benzene rings is 1. The van der Waals surface area contributed by atoms with Crippen LogP contribution in [0.3, 0.4) is 0 Å². The number of aromatic nitrogens is 3. The molecule has 0 bridgehead atoms. The van der Waals surface area contributed by atoms with Crippen molar-refractivity contribution in [2.75, 3.05) is 38.2 Å². The zero-order chi connectivity index (χ0) is 32.1. The van der Waals surface area contributed by atoms with E-state index in [0.717, 1.165) is 85.8 Å². The number of anilines is 1. The topological polar surface area (TPSA) is 89.8 Å². The number of nitrogens with zero attached hydrogens (tertiary/aromatic N) is 5. The minimum Gasteiger partial charge on any atom is -0.469 e. The van der Waals surface area contributed by atoms with Crippen LogP contribution in [-0.2, 0) is 33.8 Å². The van der Waals surface area contributed by atoms with Crippen molar-refractivity contribution >= 4 is 17.9 Å². The maximum Gasteiger partial charge on any atom is 0.416 e. The molecule has 1 unspecified atom stereocenters. The number of carbonyl (C=O) groups is 2. The molecule has 4 heterocycles. The third-order valence-electron chi connectivity index (χ3n) is 8.67. The summed E-state index contributed by atoms with van der Waals surface area (Å²) in [4.78, 5) is 34.4. The molecule has 0 aliphatic carbocycles. The number of pyridine rings is 1. The summed E-state index contributed by atoms with van der Waals surface area (Å²) in [7, 11) is 1.43. The summed E-state index contributed by atoms with van der Waals surface area (Å²) in [5.74, 6) is 0.963. The Labute approximate surface area is 265 Å². The van der Waals surface area contributed by atoms with Gasteiger partial charge in [0.2, 0.25) is 0 Å². The van der Waals surface area contributed by atoms with Crippen LogP contribution in [0.2, 0.25) is 0 Å². The van der Waals surface area contributed by atoms with E-state index >= 15 is 0 Å². The van der Waals surface area contributed by atoms with Gasteiger partial charge in [0.15, 0.2) is 0 Å². The first-order valence-electron chi connectivity index (χ1n) is 16.0. The number of methoxy groups -OCH3 is 1. The van der Waals surface area contributed by atoms with Crippen molar-refractivity contribution in [1.82, 2.24) is 19.7 Å². The number of ether oxygens (including phenoxy) is 2.